The first-order valence-corrected chi connectivity index (χ1v) is 7.75. The van der Waals surface area contributed by atoms with Crippen LogP contribution in [0.2, 0.25) is 0 Å². The Morgan fingerprint density at radius 3 is 2.60 bits per heavy atom. The summed E-state index contributed by atoms with van der Waals surface area (Å²) in [5, 5.41) is 18.9. The van der Waals surface area contributed by atoms with Crippen molar-refractivity contribution in [2.45, 2.75) is 31.8 Å². The highest BCUT2D eigenvalue weighted by Gasteiger charge is 2.36. The van der Waals surface area contributed by atoms with E-state index in [0.717, 1.165) is 21.7 Å². The Morgan fingerprint density at radius 1 is 1.32 bits per heavy atom. The van der Waals surface area contributed by atoms with Crippen molar-refractivity contribution in [1.82, 2.24) is 14.5 Å². The molecule has 10 nitrogen and oxygen atoms in total. The van der Waals surface area contributed by atoms with E-state index in [-0.39, 0.29) is 24.1 Å². The van der Waals surface area contributed by atoms with Crippen LogP contribution in [0.3, 0.4) is 0 Å². The standard InChI is InChI=1S/C15H17N3O7/c1-2-17-11(21)3-7(14(17)23)8-5-18(15(24)16-13(8)22)12-4-9(20)10(6-19)25-12/h3,5,9-10,12,19-20H,2,4,6H2,1H3,(H,16,22,24). The molecule has 2 aliphatic rings. The Bertz CT molecular complexity index is 869. The van der Waals surface area contributed by atoms with Crippen molar-refractivity contribution >= 4 is 17.4 Å². The van der Waals surface area contributed by atoms with Gasteiger partial charge in [0.2, 0.25) is 0 Å². The second-order valence-corrected chi connectivity index (χ2v) is 5.77. The largest absolute Gasteiger partial charge is 0.394 e. The molecule has 2 amide bonds. The third-order valence-electron chi connectivity index (χ3n) is 4.28. The van der Waals surface area contributed by atoms with Crippen LogP contribution < -0.4 is 11.2 Å². The Kier molecular flexibility index (Phi) is 4.41. The molecule has 1 aromatic rings. The van der Waals surface area contributed by atoms with Crippen LogP contribution in [0.15, 0.2) is 21.9 Å². The molecule has 3 unspecified atom stereocenters. The summed E-state index contributed by atoms with van der Waals surface area (Å²) in [7, 11) is 0. The maximum absolute atomic E-state index is 12.3. The van der Waals surface area contributed by atoms with Gasteiger partial charge in [-0.2, -0.15) is 0 Å². The summed E-state index contributed by atoms with van der Waals surface area (Å²) in [6.45, 7) is 1.36. The van der Waals surface area contributed by atoms with E-state index in [1.807, 2.05) is 0 Å². The van der Waals surface area contributed by atoms with Crippen molar-refractivity contribution in [3.63, 3.8) is 0 Å². The molecule has 3 atom stereocenters. The first-order chi connectivity index (χ1) is 11.9. The Morgan fingerprint density at radius 2 is 2.04 bits per heavy atom. The zero-order valence-corrected chi connectivity index (χ0v) is 13.3. The van der Waals surface area contributed by atoms with E-state index in [9.17, 15) is 24.3 Å². The normalized spacial score (nSPS) is 26.4. The van der Waals surface area contributed by atoms with Crippen LogP contribution in [-0.4, -0.2) is 61.8 Å². The van der Waals surface area contributed by atoms with Crippen LogP contribution in [0, 0.1) is 0 Å². The maximum atomic E-state index is 12.3. The molecule has 10 heteroatoms. The summed E-state index contributed by atoms with van der Waals surface area (Å²) in [5.41, 5.74) is -1.84. The minimum absolute atomic E-state index is 0.0314. The number of aliphatic hydroxyl groups is 2. The number of imide groups is 1. The zero-order chi connectivity index (χ0) is 18.3. The van der Waals surface area contributed by atoms with Crippen LogP contribution in [0.4, 0.5) is 0 Å². The number of carbonyl (C=O) groups is 2. The summed E-state index contributed by atoms with van der Waals surface area (Å²) in [6, 6.07) is 0. The topological polar surface area (TPSA) is 142 Å². The van der Waals surface area contributed by atoms with E-state index in [1.54, 1.807) is 6.92 Å². The number of likely N-dealkylation sites (N-methyl/N-ethyl adjacent to an activating group) is 1. The highest BCUT2D eigenvalue weighted by molar-refractivity contribution is 6.33. The van der Waals surface area contributed by atoms with Crippen LogP contribution in [0.25, 0.3) is 5.57 Å². The second kappa shape index (κ2) is 6.39. The number of rotatable bonds is 4. The fourth-order valence-corrected chi connectivity index (χ4v) is 2.94. The second-order valence-electron chi connectivity index (χ2n) is 5.77. The number of hydrogen-bond acceptors (Lipinski definition) is 7. The lowest BCUT2D eigenvalue weighted by molar-refractivity contribution is -0.136. The molecule has 0 bridgehead atoms. The van der Waals surface area contributed by atoms with Gasteiger partial charge in [-0.15, -0.1) is 0 Å². The van der Waals surface area contributed by atoms with Gasteiger partial charge in [0.15, 0.2) is 0 Å². The maximum Gasteiger partial charge on any atom is 0.330 e. The van der Waals surface area contributed by atoms with Gasteiger partial charge in [0.1, 0.15) is 12.3 Å². The molecule has 0 aromatic carbocycles. The molecule has 3 heterocycles. The average molecular weight is 351 g/mol. The predicted molar refractivity (Wildman–Crippen MR) is 83.3 cm³/mol. The van der Waals surface area contributed by atoms with Crippen molar-refractivity contribution in [2.24, 2.45) is 0 Å². The van der Waals surface area contributed by atoms with E-state index in [2.05, 4.69) is 4.98 Å². The summed E-state index contributed by atoms with van der Waals surface area (Å²) in [6.07, 6.45) is -0.520. The molecular weight excluding hydrogens is 334 g/mol. The van der Waals surface area contributed by atoms with Crippen LogP contribution >= 0.6 is 0 Å². The van der Waals surface area contributed by atoms with Crippen molar-refractivity contribution in [3.8, 4) is 0 Å². The number of carbonyl (C=O) groups excluding carboxylic acids is 2. The van der Waals surface area contributed by atoms with Crippen LogP contribution in [-0.2, 0) is 14.3 Å². The molecular formula is C15H17N3O7. The highest BCUT2D eigenvalue weighted by atomic mass is 16.5. The first kappa shape index (κ1) is 17.3. The predicted octanol–water partition coefficient (Wildman–Crippen LogP) is -2.05. The summed E-state index contributed by atoms with van der Waals surface area (Å²) < 4.78 is 6.43. The third-order valence-corrected chi connectivity index (χ3v) is 4.28. The van der Waals surface area contributed by atoms with Gasteiger partial charge in [-0.25, -0.2) is 4.79 Å². The monoisotopic (exact) mass is 351 g/mol. The number of hydrogen-bond donors (Lipinski definition) is 3. The number of nitrogens with one attached hydrogen (secondary N) is 1. The summed E-state index contributed by atoms with van der Waals surface area (Å²) in [5.74, 6) is -1.16. The lowest BCUT2D eigenvalue weighted by Crippen LogP contribution is -2.35. The summed E-state index contributed by atoms with van der Waals surface area (Å²) in [4.78, 5) is 51.3. The quantitative estimate of drug-likeness (QED) is 0.530. The Hall–Kier alpha value is -2.56. The molecule has 0 radical (unpaired) electrons. The SMILES string of the molecule is CCN1C(=O)C=C(c2cn(C3CC(O)C(CO)O3)c(=O)[nH]c2=O)C1=O. The van der Waals surface area contributed by atoms with E-state index in [4.69, 9.17) is 9.84 Å². The highest BCUT2D eigenvalue weighted by Crippen LogP contribution is 2.28. The van der Waals surface area contributed by atoms with E-state index in [1.165, 1.54) is 0 Å². The number of aliphatic hydroxyl groups excluding tert-OH is 2. The smallest absolute Gasteiger partial charge is 0.330 e. The van der Waals surface area contributed by atoms with Gasteiger partial charge in [-0.1, -0.05) is 0 Å². The van der Waals surface area contributed by atoms with Gasteiger partial charge in [0.05, 0.1) is 23.8 Å². The number of aromatic amines is 1. The van der Waals surface area contributed by atoms with Gasteiger partial charge in [-0.05, 0) is 6.92 Å². The number of H-pyrrole nitrogens is 1. The van der Waals surface area contributed by atoms with Gasteiger partial charge < -0.3 is 14.9 Å². The van der Waals surface area contributed by atoms with Crippen molar-refractivity contribution in [2.75, 3.05) is 13.2 Å². The molecule has 0 aliphatic carbocycles. The summed E-state index contributed by atoms with van der Waals surface area (Å²) >= 11 is 0. The lowest BCUT2D eigenvalue weighted by Gasteiger charge is -2.16. The fourth-order valence-electron chi connectivity index (χ4n) is 2.94. The fraction of sp³-hybridized carbons (Fsp3) is 0.467. The van der Waals surface area contributed by atoms with Crippen molar-refractivity contribution in [3.05, 3.63) is 38.7 Å². The molecule has 134 valence electrons. The third kappa shape index (κ3) is 2.84. The van der Waals surface area contributed by atoms with Crippen LogP contribution in [0.5, 0.6) is 0 Å². The molecule has 1 fully saturated rings. The molecule has 1 aromatic heterocycles. The Labute approximate surface area is 141 Å². The van der Waals surface area contributed by atoms with Gasteiger partial charge in [0.25, 0.3) is 17.4 Å². The number of nitrogens with zero attached hydrogens (tertiary/aromatic N) is 2. The van der Waals surface area contributed by atoms with E-state index in [0.29, 0.717) is 0 Å². The zero-order valence-electron chi connectivity index (χ0n) is 13.3. The lowest BCUT2D eigenvalue weighted by atomic mass is 10.1. The van der Waals surface area contributed by atoms with E-state index < -0.39 is 48.1 Å². The minimum atomic E-state index is -0.971. The van der Waals surface area contributed by atoms with Gasteiger partial charge >= 0.3 is 5.69 Å². The molecule has 3 rings (SSSR count). The molecule has 2 aliphatic heterocycles. The van der Waals surface area contributed by atoms with Crippen LogP contribution in [0.1, 0.15) is 25.1 Å². The molecule has 1 saturated heterocycles. The molecule has 0 saturated carbocycles. The van der Waals surface area contributed by atoms with Crippen molar-refractivity contribution in [1.29, 1.82) is 0 Å². The van der Waals surface area contributed by atoms with Gasteiger partial charge in [-0.3, -0.25) is 28.8 Å². The van der Waals surface area contributed by atoms with Crippen molar-refractivity contribution < 1.29 is 24.5 Å². The number of ether oxygens (including phenoxy) is 1. The molecule has 3 N–H and O–H groups in total. The molecule has 25 heavy (non-hydrogen) atoms. The number of amides is 2. The van der Waals surface area contributed by atoms with Gasteiger partial charge in [0, 0.05) is 25.2 Å². The first-order valence-electron chi connectivity index (χ1n) is 7.75. The average Bonchev–Trinajstić information content (AvgIpc) is 3.07. The number of aromatic nitrogens is 2. The molecule has 0 spiro atoms. The minimum Gasteiger partial charge on any atom is -0.394 e. The van der Waals surface area contributed by atoms with E-state index >= 15 is 0 Å². The Balaban J connectivity index is 2.02.